The minimum absolute atomic E-state index is 0.0228. The molecule has 0 radical (unpaired) electrons. The van der Waals surface area contributed by atoms with Gasteiger partial charge in [-0.1, -0.05) is 11.3 Å². The normalized spacial score (nSPS) is 21.4. The van der Waals surface area contributed by atoms with E-state index in [2.05, 4.69) is 9.97 Å². The number of benzene rings is 1. The van der Waals surface area contributed by atoms with Crippen molar-refractivity contribution >= 4 is 32.6 Å². The maximum absolute atomic E-state index is 13.4. The molecule has 1 saturated heterocycles. The van der Waals surface area contributed by atoms with Crippen LogP contribution < -0.4 is 5.73 Å². The first-order chi connectivity index (χ1) is 13.4. The molecule has 3 heterocycles. The second-order valence-electron chi connectivity index (χ2n) is 8.09. The van der Waals surface area contributed by atoms with Gasteiger partial charge >= 0.3 is 0 Å². The summed E-state index contributed by atoms with van der Waals surface area (Å²) >= 11 is 1.43. The van der Waals surface area contributed by atoms with E-state index in [1.54, 1.807) is 0 Å². The highest BCUT2D eigenvalue weighted by Gasteiger charge is 2.44. The summed E-state index contributed by atoms with van der Waals surface area (Å²) in [5.74, 6) is 0.905. The highest BCUT2D eigenvalue weighted by molar-refractivity contribution is 7.22. The molecular formula is C21H23N5OS. The number of carbonyl (C=O) groups excluding carboxylic acids is 1. The number of fused-ring (bicyclic) bond motifs is 3. The first-order valence-corrected chi connectivity index (χ1v) is 10.6. The smallest absolute Gasteiger partial charge is 0.253 e. The standard InChI is InChI=1S/C21H23N5OS/c1-12-8-15(9-16-17(12)25-20(22)28-16)19(27)26-7-3-5-21(11-26)6-4-14-10-23-13(2)24-18(14)21/h8-10H,3-7,11H2,1-2H3,(H2,22,25). The van der Waals surface area contributed by atoms with Crippen LogP contribution in [0.2, 0.25) is 0 Å². The van der Waals surface area contributed by atoms with Crippen LogP contribution in [0.3, 0.4) is 0 Å². The number of aromatic nitrogens is 3. The average Bonchev–Trinajstić information content (AvgIpc) is 3.22. The van der Waals surface area contributed by atoms with Crippen LogP contribution in [0.5, 0.6) is 0 Å². The number of anilines is 1. The van der Waals surface area contributed by atoms with Gasteiger partial charge in [0.05, 0.1) is 15.9 Å². The molecule has 2 aliphatic rings. The molecule has 1 unspecified atom stereocenters. The predicted octanol–water partition coefficient (Wildman–Crippen LogP) is 3.41. The lowest BCUT2D eigenvalue weighted by Gasteiger charge is -2.40. The molecule has 1 aliphatic heterocycles. The summed E-state index contributed by atoms with van der Waals surface area (Å²) in [6.07, 6.45) is 6.11. The molecule has 1 aliphatic carbocycles. The Kier molecular flexibility index (Phi) is 3.91. The Hall–Kier alpha value is -2.54. The quantitative estimate of drug-likeness (QED) is 0.685. The fraction of sp³-hybridized carbons (Fsp3) is 0.429. The molecule has 2 N–H and O–H groups in total. The Balaban J connectivity index is 1.48. The summed E-state index contributed by atoms with van der Waals surface area (Å²) < 4.78 is 0.974. The maximum Gasteiger partial charge on any atom is 0.253 e. The van der Waals surface area contributed by atoms with Crippen LogP contribution in [0.15, 0.2) is 18.3 Å². The van der Waals surface area contributed by atoms with Crippen LogP contribution in [0.1, 0.15) is 52.3 Å². The fourth-order valence-electron chi connectivity index (χ4n) is 4.85. The van der Waals surface area contributed by atoms with E-state index in [1.165, 1.54) is 22.6 Å². The summed E-state index contributed by atoms with van der Waals surface area (Å²) in [4.78, 5) is 28.9. The van der Waals surface area contributed by atoms with Gasteiger partial charge in [0.25, 0.3) is 5.91 Å². The lowest BCUT2D eigenvalue weighted by Crippen LogP contribution is -2.48. The molecular weight excluding hydrogens is 370 g/mol. The van der Waals surface area contributed by atoms with Gasteiger partial charge in [-0.25, -0.2) is 15.0 Å². The van der Waals surface area contributed by atoms with Crippen molar-refractivity contribution in [1.82, 2.24) is 19.9 Å². The highest BCUT2D eigenvalue weighted by atomic mass is 32.1. The number of aryl methyl sites for hydroxylation is 3. The van der Waals surface area contributed by atoms with Crippen LogP contribution in [0, 0.1) is 13.8 Å². The minimum Gasteiger partial charge on any atom is -0.375 e. The van der Waals surface area contributed by atoms with Gasteiger partial charge < -0.3 is 10.6 Å². The number of likely N-dealkylation sites (tertiary alicyclic amines) is 1. The Labute approximate surface area is 167 Å². The van der Waals surface area contributed by atoms with Crippen LogP contribution >= 0.6 is 11.3 Å². The zero-order valence-corrected chi connectivity index (χ0v) is 17.0. The minimum atomic E-state index is -0.0228. The van der Waals surface area contributed by atoms with Crippen molar-refractivity contribution in [1.29, 1.82) is 0 Å². The van der Waals surface area contributed by atoms with Gasteiger partial charge in [0.15, 0.2) is 5.13 Å². The third-order valence-electron chi connectivity index (χ3n) is 6.17. The van der Waals surface area contributed by atoms with Gasteiger partial charge in [0, 0.05) is 30.3 Å². The number of amides is 1. The average molecular weight is 394 g/mol. The predicted molar refractivity (Wildman–Crippen MR) is 111 cm³/mol. The molecule has 7 heteroatoms. The molecule has 0 saturated carbocycles. The van der Waals surface area contributed by atoms with Crippen LogP contribution in [0.25, 0.3) is 10.2 Å². The lowest BCUT2D eigenvalue weighted by atomic mass is 9.77. The van der Waals surface area contributed by atoms with Crippen molar-refractivity contribution in [2.24, 2.45) is 0 Å². The van der Waals surface area contributed by atoms with E-state index in [4.69, 9.17) is 10.7 Å². The first kappa shape index (κ1) is 17.6. The highest BCUT2D eigenvalue weighted by Crippen LogP contribution is 2.44. The molecule has 5 rings (SSSR count). The number of thiazole rings is 1. The molecule has 3 aromatic rings. The van der Waals surface area contributed by atoms with Gasteiger partial charge in [0.1, 0.15) is 5.82 Å². The molecule has 1 spiro atoms. The van der Waals surface area contributed by atoms with Gasteiger partial charge in [0.2, 0.25) is 0 Å². The van der Waals surface area contributed by atoms with E-state index < -0.39 is 0 Å². The van der Waals surface area contributed by atoms with Gasteiger partial charge in [-0.2, -0.15) is 0 Å². The third kappa shape index (κ3) is 2.68. The molecule has 28 heavy (non-hydrogen) atoms. The number of carbonyl (C=O) groups is 1. The number of rotatable bonds is 1. The monoisotopic (exact) mass is 393 g/mol. The molecule has 2 aromatic heterocycles. The van der Waals surface area contributed by atoms with E-state index in [9.17, 15) is 4.79 Å². The number of hydrogen-bond donors (Lipinski definition) is 1. The summed E-state index contributed by atoms with van der Waals surface area (Å²) in [5.41, 5.74) is 10.9. The summed E-state index contributed by atoms with van der Waals surface area (Å²) in [6.45, 7) is 5.46. The number of nitrogens with two attached hydrogens (primary N) is 1. The third-order valence-corrected chi connectivity index (χ3v) is 7.00. The largest absolute Gasteiger partial charge is 0.375 e. The number of nitrogen functional groups attached to an aromatic ring is 1. The second kappa shape index (κ2) is 6.24. The Morgan fingerprint density at radius 3 is 2.96 bits per heavy atom. The van der Waals surface area contributed by atoms with Gasteiger partial charge in [-0.15, -0.1) is 0 Å². The molecule has 1 aromatic carbocycles. The van der Waals surface area contributed by atoms with Crippen molar-refractivity contribution in [3.05, 3.63) is 46.5 Å². The summed E-state index contributed by atoms with van der Waals surface area (Å²) in [5, 5.41) is 0.539. The van der Waals surface area contributed by atoms with Crippen LogP contribution in [0.4, 0.5) is 5.13 Å². The molecule has 6 nitrogen and oxygen atoms in total. The van der Waals surface area contributed by atoms with Crippen molar-refractivity contribution in [2.75, 3.05) is 18.8 Å². The van der Waals surface area contributed by atoms with Gasteiger partial charge in [-0.3, -0.25) is 4.79 Å². The van der Waals surface area contributed by atoms with Crippen molar-refractivity contribution in [3.63, 3.8) is 0 Å². The number of piperidine rings is 1. The maximum atomic E-state index is 13.4. The lowest BCUT2D eigenvalue weighted by molar-refractivity contribution is 0.0633. The van der Waals surface area contributed by atoms with Crippen molar-refractivity contribution in [2.45, 2.75) is 44.9 Å². The van der Waals surface area contributed by atoms with E-state index in [-0.39, 0.29) is 11.3 Å². The van der Waals surface area contributed by atoms with Gasteiger partial charge in [-0.05, 0) is 62.8 Å². The van der Waals surface area contributed by atoms with Crippen LogP contribution in [-0.4, -0.2) is 38.8 Å². The van der Waals surface area contributed by atoms with E-state index in [0.717, 1.165) is 65.9 Å². The zero-order valence-electron chi connectivity index (χ0n) is 16.2. The molecule has 1 amide bonds. The summed E-state index contributed by atoms with van der Waals surface area (Å²) in [7, 11) is 0. The summed E-state index contributed by atoms with van der Waals surface area (Å²) in [6, 6.07) is 3.88. The Morgan fingerprint density at radius 2 is 2.11 bits per heavy atom. The molecule has 0 bridgehead atoms. The topological polar surface area (TPSA) is 85.0 Å². The second-order valence-corrected chi connectivity index (χ2v) is 9.16. The number of hydrogen-bond acceptors (Lipinski definition) is 6. The van der Waals surface area contributed by atoms with Crippen molar-refractivity contribution < 1.29 is 4.79 Å². The molecule has 1 fully saturated rings. The molecule has 1 atom stereocenters. The Morgan fingerprint density at radius 1 is 1.25 bits per heavy atom. The number of nitrogens with zero attached hydrogens (tertiary/aromatic N) is 4. The van der Waals surface area contributed by atoms with E-state index in [0.29, 0.717) is 5.13 Å². The van der Waals surface area contributed by atoms with E-state index >= 15 is 0 Å². The van der Waals surface area contributed by atoms with Crippen LogP contribution in [-0.2, 0) is 11.8 Å². The fourth-order valence-corrected chi connectivity index (χ4v) is 5.70. The molecule has 144 valence electrons. The SMILES string of the molecule is Cc1ncc2c(n1)C1(CCCN(C(=O)c3cc(C)c4nc(N)sc4c3)C1)CC2. The Bertz CT molecular complexity index is 1100. The first-order valence-electron chi connectivity index (χ1n) is 9.74. The zero-order chi connectivity index (χ0) is 19.5. The van der Waals surface area contributed by atoms with E-state index in [1.807, 2.05) is 37.1 Å². The van der Waals surface area contributed by atoms with Crippen molar-refractivity contribution in [3.8, 4) is 0 Å².